The monoisotopic (exact) mass is 466 g/mol. The molecule has 0 bridgehead atoms. The van der Waals surface area contributed by atoms with Crippen molar-refractivity contribution in [3.63, 3.8) is 0 Å². The maximum atomic E-state index is 9.95. The van der Waals surface area contributed by atoms with Gasteiger partial charge in [-0.15, -0.1) is 0 Å². The predicted octanol–water partition coefficient (Wildman–Crippen LogP) is -2.59. The fraction of sp³-hybridized carbons (Fsp3) is 1.00. The average Bonchev–Trinajstić information content (AvgIpc) is 2.55. The molecule has 11 heteroatoms. The van der Waals surface area contributed by atoms with E-state index in [0.717, 1.165) is 0 Å². The Labute approximate surface area is 149 Å². The van der Waals surface area contributed by atoms with Crippen LogP contribution in [0, 0.1) is 0 Å². The topological polar surface area (TPSA) is 149 Å². The second kappa shape index (κ2) is 8.32. The molecule has 0 saturated carbocycles. The molecule has 2 saturated heterocycles. The molecule has 0 amide bonds. The Hall–Kier alpha value is 0.600. The van der Waals surface area contributed by atoms with E-state index in [0.29, 0.717) is 0 Å². The highest BCUT2D eigenvalue weighted by Crippen LogP contribution is 2.28. The second-order valence-corrected chi connectivity index (χ2v) is 6.77. The maximum Gasteiger partial charge on any atom is 0.189 e. The van der Waals surface area contributed by atoms with E-state index < -0.39 is 61.4 Å². The molecule has 136 valence electrons. The van der Waals surface area contributed by atoms with E-state index >= 15 is 0 Å². The van der Waals surface area contributed by atoms with Crippen molar-refractivity contribution in [2.45, 2.75) is 61.4 Å². The SMILES string of the molecule is O[C@@H]1[C@@H](O)[C@@H](O[C@H]2O[C@H](CBr)[C@@H](O)[C@H](O)[C@H]2O)O[C@H](CBr)[C@H]1O. The van der Waals surface area contributed by atoms with Gasteiger partial charge in [-0.25, -0.2) is 0 Å². The number of ether oxygens (including phenoxy) is 3. The van der Waals surface area contributed by atoms with Crippen LogP contribution in [-0.4, -0.2) is 103 Å². The van der Waals surface area contributed by atoms with Crippen LogP contribution in [-0.2, 0) is 14.2 Å². The molecule has 2 aliphatic rings. The number of hydrogen-bond acceptors (Lipinski definition) is 9. The molecule has 0 spiro atoms. The number of alkyl halides is 2. The van der Waals surface area contributed by atoms with Crippen LogP contribution < -0.4 is 0 Å². The smallest absolute Gasteiger partial charge is 0.189 e. The van der Waals surface area contributed by atoms with Crippen LogP contribution in [0.5, 0.6) is 0 Å². The Morgan fingerprint density at radius 2 is 0.957 bits per heavy atom. The molecule has 0 aromatic heterocycles. The molecule has 0 aromatic rings. The lowest BCUT2D eigenvalue weighted by atomic mass is 9.99. The Morgan fingerprint density at radius 3 is 1.26 bits per heavy atom. The van der Waals surface area contributed by atoms with Crippen LogP contribution in [0.1, 0.15) is 0 Å². The van der Waals surface area contributed by atoms with Crippen LogP contribution in [0.4, 0.5) is 0 Å². The summed E-state index contributed by atoms with van der Waals surface area (Å²) >= 11 is 6.22. The fourth-order valence-electron chi connectivity index (χ4n) is 2.45. The van der Waals surface area contributed by atoms with Gasteiger partial charge in [-0.1, -0.05) is 31.9 Å². The summed E-state index contributed by atoms with van der Waals surface area (Å²) in [6.45, 7) is 0. The van der Waals surface area contributed by atoms with Gasteiger partial charge in [0.2, 0.25) is 0 Å². The van der Waals surface area contributed by atoms with Gasteiger partial charge in [-0.05, 0) is 0 Å². The van der Waals surface area contributed by atoms with Gasteiger partial charge in [0.15, 0.2) is 12.6 Å². The third kappa shape index (κ3) is 4.06. The molecule has 0 aromatic carbocycles. The van der Waals surface area contributed by atoms with Crippen LogP contribution in [0.25, 0.3) is 0 Å². The minimum Gasteiger partial charge on any atom is -0.388 e. The summed E-state index contributed by atoms with van der Waals surface area (Å²) < 4.78 is 16.0. The third-order valence-electron chi connectivity index (χ3n) is 3.91. The average molecular weight is 468 g/mol. The number of halogens is 2. The van der Waals surface area contributed by atoms with Gasteiger partial charge >= 0.3 is 0 Å². The first-order valence-corrected chi connectivity index (χ1v) is 9.22. The van der Waals surface area contributed by atoms with E-state index in [9.17, 15) is 30.6 Å². The molecular formula is C12H20Br2O9. The molecule has 2 aliphatic heterocycles. The lowest BCUT2D eigenvalue weighted by Crippen LogP contribution is -2.63. The van der Waals surface area contributed by atoms with Crippen LogP contribution in [0.3, 0.4) is 0 Å². The summed E-state index contributed by atoms with van der Waals surface area (Å²) in [5.74, 6) is 0. The van der Waals surface area contributed by atoms with Crippen molar-refractivity contribution in [2.24, 2.45) is 0 Å². The first kappa shape index (κ1) is 19.9. The molecule has 0 unspecified atom stereocenters. The minimum atomic E-state index is -1.58. The van der Waals surface area contributed by atoms with E-state index in [4.69, 9.17) is 14.2 Å². The summed E-state index contributed by atoms with van der Waals surface area (Å²) in [4.78, 5) is 0. The molecule has 10 atom stereocenters. The van der Waals surface area contributed by atoms with Gasteiger partial charge in [-0.2, -0.15) is 0 Å². The quantitative estimate of drug-likeness (QED) is 0.245. The predicted molar refractivity (Wildman–Crippen MR) is 82.0 cm³/mol. The Kier molecular flexibility index (Phi) is 7.21. The van der Waals surface area contributed by atoms with Crippen molar-refractivity contribution in [1.29, 1.82) is 0 Å². The van der Waals surface area contributed by atoms with Gasteiger partial charge in [-0.3, -0.25) is 0 Å². The largest absolute Gasteiger partial charge is 0.388 e. The van der Waals surface area contributed by atoms with Crippen LogP contribution in [0.2, 0.25) is 0 Å². The highest BCUT2D eigenvalue weighted by Gasteiger charge is 2.49. The fourth-order valence-corrected chi connectivity index (χ4v) is 3.52. The van der Waals surface area contributed by atoms with Crippen molar-refractivity contribution < 1.29 is 44.8 Å². The highest BCUT2D eigenvalue weighted by molar-refractivity contribution is 9.09. The maximum absolute atomic E-state index is 9.95. The lowest BCUT2D eigenvalue weighted by molar-refractivity contribution is -0.369. The van der Waals surface area contributed by atoms with Crippen molar-refractivity contribution in [1.82, 2.24) is 0 Å². The standard InChI is InChI=1S/C12H20Br2O9/c13-1-3-5(15)7(17)9(19)11(21-3)23-12-10(20)8(18)6(16)4(2-14)22-12/h3-12,15-20H,1-2H2/t3-,4-,5-,6-,7+,8+,9-,10-,11-,12-/m1/s1. The normalized spacial score (nSPS) is 51.7. The summed E-state index contributed by atoms with van der Waals surface area (Å²) in [6, 6.07) is 0. The molecule has 2 rings (SSSR count). The molecule has 0 radical (unpaired) electrons. The Balaban J connectivity index is 2.07. The zero-order valence-electron chi connectivity index (χ0n) is 11.9. The van der Waals surface area contributed by atoms with Gasteiger partial charge in [0, 0.05) is 10.7 Å². The van der Waals surface area contributed by atoms with Crippen molar-refractivity contribution in [3.8, 4) is 0 Å². The highest BCUT2D eigenvalue weighted by atomic mass is 79.9. The Morgan fingerprint density at radius 1 is 0.609 bits per heavy atom. The van der Waals surface area contributed by atoms with Gasteiger partial charge in [0.05, 0.1) is 12.2 Å². The first-order valence-electron chi connectivity index (χ1n) is 6.98. The molecule has 6 N–H and O–H groups in total. The lowest BCUT2D eigenvalue weighted by Gasteiger charge is -2.44. The molecule has 9 nitrogen and oxygen atoms in total. The summed E-state index contributed by atoms with van der Waals surface area (Å²) in [7, 11) is 0. The molecular weight excluding hydrogens is 448 g/mol. The molecule has 0 aliphatic carbocycles. The van der Waals surface area contributed by atoms with Gasteiger partial charge in [0.25, 0.3) is 0 Å². The van der Waals surface area contributed by atoms with Crippen LogP contribution >= 0.6 is 31.9 Å². The third-order valence-corrected chi connectivity index (χ3v) is 5.19. The van der Waals surface area contributed by atoms with Crippen molar-refractivity contribution in [2.75, 3.05) is 10.7 Å². The zero-order valence-corrected chi connectivity index (χ0v) is 15.0. The van der Waals surface area contributed by atoms with Gasteiger partial charge < -0.3 is 44.8 Å². The van der Waals surface area contributed by atoms with Crippen molar-refractivity contribution >= 4 is 31.9 Å². The zero-order chi connectivity index (χ0) is 17.3. The number of aliphatic hydroxyl groups excluding tert-OH is 6. The summed E-state index contributed by atoms with van der Waals surface area (Å²) in [6.07, 6.45) is -13.3. The second-order valence-electron chi connectivity index (χ2n) is 5.47. The van der Waals surface area contributed by atoms with E-state index in [1.165, 1.54) is 0 Å². The summed E-state index contributed by atoms with van der Waals surface area (Å²) in [5, 5.41) is 59.4. The molecule has 2 heterocycles. The molecule has 23 heavy (non-hydrogen) atoms. The molecule has 2 fully saturated rings. The van der Waals surface area contributed by atoms with Crippen LogP contribution in [0.15, 0.2) is 0 Å². The summed E-state index contributed by atoms with van der Waals surface area (Å²) in [5.41, 5.74) is 0. The van der Waals surface area contributed by atoms with E-state index in [1.54, 1.807) is 0 Å². The Bertz CT molecular complexity index is 352. The van der Waals surface area contributed by atoms with E-state index in [-0.39, 0.29) is 10.7 Å². The number of hydrogen-bond donors (Lipinski definition) is 6. The van der Waals surface area contributed by atoms with Crippen molar-refractivity contribution in [3.05, 3.63) is 0 Å². The number of aliphatic hydroxyl groups is 6. The van der Waals surface area contributed by atoms with E-state index in [1.807, 2.05) is 0 Å². The number of rotatable bonds is 4. The van der Waals surface area contributed by atoms with E-state index in [2.05, 4.69) is 31.9 Å². The van der Waals surface area contributed by atoms with Gasteiger partial charge in [0.1, 0.15) is 36.6 Å². The minimum absolute atomic E-state index is 0.178. The first-order chi connectivity index (χ1) is 10.8.